The van der Waals surface area contributed by atoms with Crippen LogP contribution in [0.5, 0.6) is 5.75 Å². The quantitative estimate of drug-likeness (QED) is 0.247. The molecule has 0 aliphatic carbocycles. The molecule has 0 aliphatic heterocycles. The molecule has 2 heterocycles. The Balaban J connectivity index is 1.38. The van der Waals surface area contributed by atoms with Crippen LogP contribution >= 0.6 is 23.1 Å². The van der Waals surface area contributed by atoms with E-state index < -0.39 is 0 Å². The number of rotatable bonds is 6. The number of amides is 1. The van der Waals surface area contributed by atoms with Gasteiger partial charge in [-0.1, -0.05) is 53.4 Å². The first-order valence-corrected chi connectivity index (χ1v) is 11.8. The fourth-order valence-corrected chi connectivity index (χ4v) is 4.99. The number of aromatic nitrogens is 3. The van der Waals surface area contributed by atoms with Crippen molar-refractivity contribution in [2.24, 2.45) is 0 Å². The first kappa shape index (κ1) is 21.3. The molecule has 1 amide bonds. The SMILES string of the molecule is COc1ccc2nc(NC(=O)CSc3nc(-c4ccccc4)nc4ccc(F)cc34)sc2c1. The van der Waals surface area contributed by atoms with Crippen LogP contribution in [0.25, 0.3) is 32.5 Å². The smallest absolute Gasteiger partial charge is 0.236 e. The van der Waals surface area contributed by atoms with Crippen molar-refractivity contribution in [1.29, 1.82) is 0 Å². The molecular weight excluding hydrogens is 459 g/mol. The van der Waals surface area contributed by atoms with Gasteiger partial charge in [0.05, 0.1) is 28.6 Å². The maximum Gasteiger partial charge on any atom is 0.236 e. The monoisotopic (exact) mass is 476 g/mol. The van der Waals surface area contributed by atoms with Crippen molar-refractivity contribution in [2.45, 2.75) is 5.03 Å². The zero-order valence-electron chi connectivity index (χ0n) is 17.4. The van der Waals surface area contributed by atoms with E-state index in [1.54, 1.807) is 13.2 Å². The number of ether oxygens (including phenoxy) is 1. The number of anilines is 1. The highest BCUT2D eigenvalue weighted by atomic mass is 32.2. The Morgan fingerprint density at radius 3 is 2.67 bits per heavy atom. The van der Waals surface area contributed by atoms with Crippen molar-refractivity contribution in [2.75, 3.05) is 18.2 Å². The predicted molar refractivity (Wildman–Crippen MR) is 130 cm³/mol. The van der Waals surface area contributed by atoms with Gasteiger partial charge in [-0.05, 0) is 36.4 Å². The van der Waals surface area contributed by atoms with Gasteiger partial charge in [0, 0.05) is 10.9 Å². The molecule has 6 nitrogen and oxygen atoms in total. The zero-order valence-corrected chi connectivity index (χ0v) is 19.0. The number of carbonyl (C=O) groups excluding carboxylic acids is 1. The molecule has 0 aliphatic rings. The van der Waals surface area contributed by atoms with Crippen molar-refractivity contribution >= 4 is 55.3 Å². The first-order valence-electron chi connectivity index (χ1n) is 9.99. The summed E-state index contributed by atoms with van der Waals surface area (Å²) < 4.78 is 20.1. The molecule has 0 fully saturated rings. The minimum Gasteiger partial charge on any atom is -0.497 e. The molecule has 9 heteroatoms. The largest absolute Gasteiger partial charge is 0.497 e. The lowest BCUT2D eigenvalue weighted by molar-refractivity contribution is -0.113. The van der Waals surface area contributed by atoms with Gasteiger partial charge in [0.15, 0.2) is 11.0 Å². The van der Waals surface area contributed by atoms with Crippen LogP contribution in [0.3, 0.4) is 0 Å². The van der Waals surface area contributed by atoms with Gasteiger partial charge in [0.1, 0.15) is 16.6 Å². The number of nitrogens with one attached hydrogen (secondary N) is 1. The summed E-state index contributed by atoms with van der Waals surface area (Å²) in [7, 11) is 1.61. The number of hydrogen-bond acceptors (Lipinski definition) is 7. The molecular formula is C24H17FN4O2S2. The Morgan fingerprint density at radius 2 is 1.85 bits per heavy atom. The topological polar surface area (TPSA) is 77.0 Å². The van der Waals surface area contributed by atoms with E-state index in [1.807, 2.05) is 48.5 Å². The van der Waals surface area contributed by atoms with Crippen LogP contribution in [0.1, 0.15) is 0 Å². The lowest BCUT2D eigenvalue weighted by Crippen LogP contribution is -2.14. The van der Waals surface area contributed by atoms with Crippen LogP contribution in [-0.2, 0) is 4.79 Å². The molecule has 33 heavy (non-hydrogen) atoms. The summed E-state index contributed by atoms with van der Waals surface area (Å²) >= 11 is 2.61. The van der Waals surface area contributed by atoms with Crippen molar-refractivity contribution in [3.8, 4) is 17.1 Å². The first-order chi connectivity index (χ1) is 16.1. The number of benzene rings is 3. The maximum absolute atomic E-state index is 13.9. The molecule has 1 N–H and O–H groups in total. The third-order valence-corrected chi connectivity index (χ3v) is 6.76. The van der Waals surface area contributed by atoms with E-state index in [0.717, 1.165) is 21.5 Å². The summed E-state index contributed by atoms with van der Waals surface area (Å²) in [4.78, 5) is 26.3. The van der Waals surface area contributed by atoms with Crippen molar-refractivity contribution in [3.05, 3.63) is 72.5 Å². The highest BCUT2D eigenvalue weighted by molar-refractivity contribution is 8.00. The number of fused-ring (bicyclic) bond motifs is 2. The van der Waals surface area contributed by atoms with Crippen LogP contribution in [0.4, 0.5) is 9.52 Å². The van der Waals surface area contributed by atoms with Crippen LogP contribution in [0, 0.1) is 5.82 Å². The lowest BCUT2D eigenvalue weighted by atomic mass is 10.2. The minimum atomic E-state index is -0.380. The van der Waals surface area contributed by atoms with Crippen molar-refractivity contribution < 1.29 is 13.9 Å². The van der Waals surface area contributed by atoms with E-state index in [4.69, 9.17) is 4.74 Å². The Morgan fingerprint density at radius 1 is 1.03 bits per heavy atom. The van der Waals surface area contributed by atoms with Gasteiger partial charge in [0.2, 0.25) is 5.91 Å². The number of carbonyl (C=O) groups is 1. The van der Waals surface area contributed by atoms with Crippen LogP contribution in [0.2, 0.25) is 0 Å². The number of thioether (sulfide) groups is 1. The van der Waals surface area contributed by atoms with Gasteiger partial charge in [-0.15, -0.1) is 0 Å². The van der Waals surface area contributed by atoms with E-state index in [2.05, 4.69) is 20.3 Å². The van der Waals surface area contributed by atoms with Gasteiger partial charge < -0.3 is 10.1 Å². The Hall–Kier alpha value is -3.56. The summed E-state index contributed by atoms with van der Waals surface area (Å²) in [5.74, 6) is 0.746. The highest BCUT2D eigenvalue weighted by Gasteiger charge is 2.14. The Labute approximate surface area is 196 Å². The number of halogens is 1. The molecule has 5 rings (SSSR count). The average molecular weight is 477 g/mol. The summed E-state index contributed by atoms with van der Waals surface area (Å²) in [5, 5.41) is 4.45. The molecule has 0 saturated carbocycles. The van der Waals surface area contributed by atoms with Crippen molar-refractivity contribution in [1.82, 2.24) is 15.0 Å². The van der Waals surface area contributed by atoms with E-state index in [0.29, 0.717) is 26.9 Å². The van der Waals surface area contributed by atoms with E-state index >= 15 is 0 Å². The minimum absolute atomic E-state index is 0.0934. The van der Waals surface area contributed by atoms with Gasteiger partial charge >= 0.3 is 0 Å². The molecule has 0 unspecified atom stereocenters. The number of hydrogen-bond donors (Lipinski definition) is 1. The van der Waals surface area contributed by atoms with E-state index in [9.17, 15) is 9.18 Å². The highest BCUT2D eigenvalue weighted by Crippen LogP contribution is 2.31. The van der Waals surface area contributed by atoms with Gasteiger partial charge in [0.25, 0.3) is 0 Å². The zero-order chi connectivity index (χ0) is 22.8. The molecule has 0 spiro atoms. The molecule has 0 saturated heterocycles. The van der Waals surface area contributed by atoms with Crippen LogP contribution in [-0.4, -0.2) is 33.7 Å². The molecule has 5 aromatic rings. The Kier molecular flexibility index (Phi) is 5.89. The third-order valence-electron chi connectivity index (χ3n) is 4.84. The predicted octanol–water partition coefficient (Wildman–Crippen LogP) is 5.79. The lowest BCUT2D eigenvalue weighted by Gasteiger charge is -2.09. The third kappa shape index (κ3) is 4.64. The second kappa shape index (κ2) is 9.13. The van der Waals surface area contributed by atoms with Gasteiger partial charge in [-0.2, -0.15) is 0 Å². The molecule has 0 radical (unpaired) electrons. The fraction of sp³-hybridized carbons (Fsp3) is 0.0833. The molecule has 2 aromatic heterocycles. The molecule has 3 aromatic carbocycles. The Bertz CT molecular complexity index is 1470. The number of methoxy groups -OCH3 is 1. The van der Waals surface area contributed by atoms with E-state index in [-0.39, 0.29) is 17.5 Å². The van der Waals surface area contributed by atoms with Crippen LogP contribution in [0.15, 0.2) is 71.8 Å². The average Bonchev–Trinajstić information content (AvgIpc) is 3.24. The number of thiazole rings is 1. The normalized spacial score (nSPS) is 11.1. The standard InChI is InChI=1S/C24H17FN4O2S2/c1-31-16-8-10-19-20(12-16)33-24(27-19)28-21(30)13-32-23-17-11-15(25)7-9-18(17)26-22(29-23)14-5-3-2-4-6-14/h2-12H,13H2,1H3,(H,27,28,30). The molecule has 0 bridgehead atoms. The second-order valence-electron chi connectivity index (χ2n) is 7.07. The number of nitrogens with zero attached hydrogens (tertiary/aromatic N) is 3. The summed E-state index contributed by atoms with van der Waals surface area (Å²) in [6, 6.07) is 19.5. The van der Waals surface area contributed by atoms with E-state index in [1.165, 1.54) is 35.2 Å². The maximum atomic E-state index is 13.9. The summed E-state index contributed by atoms with van der Waals surface area (Å²) in [5.41, 5.74) is 2.25. The van der Waals surface area contributed by atoms with Crippen molar-refractivity contribution in [3.63, 3.8) is 0 Å². The molecule has 0 atom stereocenters. The van der Waals surface area contributed by atoms with Gasteiger partial charge in [-0.25, -0.2) is 19.3 Å². The molecule has 164 valence electrons. The fourth-order valence-electron chi connectivity index (χ4n) is 3.27. The summed E-state index contributed by atoms with van der Waals surface area (Å²) in [6.07, 6.45) is 0. The summed E-state index contributed by atoms with van der Waals surface area (Å²) in [6.45, 7) is 0. The van der Waals surface area contributed by atoms with Crippen LogP contribution < -0.4 is 10.1 Å². The van der Waals surface area contributed by atoms with Gasteiger partial charge in [-0.3, -0.25) is 4.79 Å². The second-order valence-corrected chi connectivity index (χ2v) is 9.06.